The van der Waals surface area contributed by atoms with Gasteiger partial charge in [-0.1, -0.05) is 109 Å². The molecule has 8 aromatic carbocycles. The summed E-state index contributed by atoms with van der Waals surface area (Å²) in [5.41, 5.74) is 11.4. The van der Waals surface area contributed by atoms with Crippen molar-refractivity contribution in [1.29, 1.82) is 0 Å². The molecular formula is C47H30N4. The van der Waals surface area contributed by atoms with E-state index in [0.717, 1.165) is 39.5 Å². The topological polar surface area (TPSA) is 27.7 Å². The van der Waals surface area contributed by atoms with Crippen molar-refractivity contribution in [2.75, 3.05) is 0 Å². The number of hydrogen-bond donors (Lipinski definition) is 0. The third-order valence-corrected chi connectivity index (χ3v) is 10.4. The number of hydrogen-bond acceptors (Lipinski definition) is 1. The molecular weight excluding hydrogens is 621 g/mol. The predicted molar refractivity (Wildman–Crippen MR) is 213 cm³/mol. The van der Waals surface area contributed by atoms with Crippen molar-refractivity contribution in [3.05, 3.63) is 182 Å². The Hall–Kier alpha value is -6.91. The fourth-order valence-corrected chi connectivity index (χ4v) is 8.32. The van der Waals surface area contributed by atoms with Gasteiger partial charge in [0.2, 0.25) is 0 Å². The number of fused-ring (bicyclic) bond motifs is 11. The van der Waals surface area contributed by atoms with E-state index < -0.39 is 0 Å². The van der Waals surface area contributed by atoms with Gasteiger partial charge in [0.1, 0.15) is 5.82 Å². The highest BCUT2D eigenvalue weighted by Crippen LogP contribution is 2.47. The van der Waals surface area contributed by atoms with Gasteiger partial charge < -0.3 is 9.13 Å². The Bertz CT molecular complexity index is 3110. The SMILES string of the molecule is c1ccc(-n2c(-c3ccc(-n4c5ccccc5c5c6c7ccccc7n(-c7ccccc7)c6c6ccccc6c54)cc3)nc3ccccc32)cc1. The van der Waals surface area contributed by atoms with E-state index in [0.29, 0.717) is 0 Å². The molecule has 0 unspecified atom stereocenters. The van der Waals surface area contributed by atoms with Crippen LogP contribution in [0.15, 0.2) is 182 Å². The lowest BCUT2D eigenvalue weighted by Gasteiger charge is -2.14. The zero-order valence-electron chi connectivity index (χ0n) is 27.6. The number of rotatable bonds is 4. The number of para-hydroxylation sites is 6. The normalized spacial score (nSPS) is 11.9. The van der Waals surface area contributed by atoms with Crippen LogP contribution in [0.2, 0.25) is 0 Å². The third-order valence-electron chi connectivity index (χ3n) is 10.4. The third kappa shape index (κ3) is 3.99. The van der Waals surface area contributed by atoms with Crippen LogP contribution in [0.25, 0.3) is 93.9 Å². The van der Waals surface area contributed by atoms with E-state index in [1.54, 1.807) is 0 Å². The lowest BCUT2D eigenvalue weighted by molar-refractivity contribution is 1.10. The minimum Gasteiger partial charge on any atom is -0.309 e. The number of aromatic nitrogens is 4. The molecule has 11 rings (SSSR count). The van der Waals surface area contributed by atoms with Gasteiger partial charge in [-0.05, 0) is 72.8 Å². The van der Waals surface area contributed by atoms with E-state index in [1.807, 2.05) is 0 Å². The van der Waals surface area contributed by atoms with Gasteiger partial charge in [-0.3, -0.25) is 4.57 Å². The molecule has 4 heteroatoms. The molecule has 0 fully saturated rings. The lowest BCUT2D eigenvalue weighted by Crippen LogP contribution is -1.99. The molecule has 238 valence electrons. The smallest absolute Gasteiger partial charge is 0.145 e. The molecule has 3 aromatic heterocycles. The van der Waals surface area contributed by atoms with Crippen molar-refractivity contribution in [3.63, 3.8) is 0 Å². The Kier molecular flexibility index (Phi) is 5.92. The molecule has 0 radical (unpaired) electrons. The van der Waals surface area contributed by atoms with E-state index in [9.17, 15) is 0 Å². The quantitative estimate of drug-likeness (QED) is 0.186. The summed E-state index contributed by atoms with van der Waals surface area (Å²) < 4.78 is 7.18. The molecule has 4 nitrogen and oxygen atoms in total. The van der Waals surface area contributed by atoms with E-state index in [4.69, 9.17) is 4.98 Å². The molecule has 0 amide bonds. The van der Waals surface area contributed by atoms with Crippen LogP contribution in [-0.4, -0.2) is 18.7 Å². The highest BCUT2D eigenvalue weighted by molar-refractivity contribution is 6.37. The van der Waals surface area contributed by atoms with Crippen LogP contribution < -0.4 is 0 Å². The first kappa shape index (κ1) is 28.0. The molecule has 0 saturated carbocycles. The van der Waals surface area contributed by atoms with Crippen LogP contribution in [0.1, 0.15) is 0 Å². The van der Waals surface area contributed by atoms with Crippen LogP contribution in [0.4, 0.5) is 0 Å². The first-order valence-corrected chi connectivity index (χ1v) is 17.4. The fraction of sp³-hybridized carbons (Fsp3) is 0. The zero-order chi connectivity index (χ0) is 33.5. The van der Waals surface area contributed by atoms with Crippen molar-refractivity contribution in [1.82, 2.24) is 18.7 Å². The second kappa shape index (κ2) is 10.8. The van der Waals surface area contributed by atoms with Crippen LogP contribution in [0.3, 0.4) is 0 Å². The molecule has 0 aliphatic heterocycles. The molecule has 0 aliphatic rings. The van der Waals surface area contributed by atoms with Crippen molar-refractivity contribution in [2.45, 2.75) is 0 Å². The van der Waals surface area contributed by atoms with Gasteiger partial charge >= 0.3 is 0 Å². The van der Waals surface area contributed by atoms with Gasteiger partial charge in [0, 0.05) is 54.9 Å². The van der Waals surface area contributed by atoms with E-state index in [1.165, 1.54) is 54.4 Å². The van der Waals surface area contributed by atoms with E-state index >= 15 is 0 Å². The minimum atomic E-state index is 0.928. The lowest BCUT2D eigenvalue weighted by atomic mass is 9.99. The molecule has 0 aliphatic carbocycles. The maximum absolute atomic E-state index is 5.14. The molecule has 0 bridgehead atoms. The largest absolute Gasteiger partial charge is 0.309 e. The van der Waals surface area contributed by atoms with Gasteiger partial charge in [0.25, 0.3) is 0 Å². The Labute approximate surface area is 293 Å². The summed E-state index contributed by atoms with van der Waals surface area (Å²) >= 11 is 0. The highest BCUT2D eigenvalue weighted by Gasteiger charge is 2.24. The summed E-state index contributed by atoms with van der Waals surface area (Å²) in [6.07, 6.45) is 0. The fourth-order valence-electron chi connectivity index (χ4n) is 8.32. The van der Waals surface area contributed by atoms with Crippen LogP contribution >= 0.6 is 0 Å². The van der Waals surface area contributed by atoms with Crippen LogP contribution in [-0.2, 0) is 0 Å². The maximum atomic E-state index is 5.14. The van der Waals surface area contributed by atoms with Crippen LogP contribution in [0, 0.1) is 0 Å². The molecule has 0 spiro atoms. The molecule has 51 heavy (non-hydrogen) atoms. The summed E-state index contributed by atoms with van der Waals surface area (Å²) in [5.74, 6) is 0.928. The van der Waals surface area contributed by atoms with Gasteiger partial charge in [0.05, 0.1) is 33.1 Å². The second-order valence-electron chi connectivity index (χ2n) is 13.2. The average Bonchev–Trinajstić information content (AvgIpc) is 3.87. The van der Waals surface area contributed by atoms with Crippen LogP contribution in [0.5, 0.6) is 0 Å². The van der Waals surface area contributed by atoms with Gasteiger partial charge in [-0.15, -0.1) is 0 Å². The van der Waals surface area contributed by atoms with E-state index in [-0.39, 0.29) is 0 Å². The van der Waals surface area contributed by atoms with Gasteiger partial charge in [-0.25, -0.2) is 4.98 Å². The molecule has 11 aromatic rings. The number of nitrogens with zero attached hydrogens (tertiary/aromatic N) is 4. The van der Waals surface area contributed by atoms with Crippen molar-refractivity contribution >= 4 is 65.4 Å². The summed E-state index contributed by atoms with van der Waals surface area (Å²) in [4.78, 5) is 5.14. The Morgan fingerprint density at radius 3 is 1.27 bits per heavy atom. The van der Waals surface area contributed by atoms with Crippen molar-refractivity contribution in [2.24, 2.45) is 0 Å². The Morgan fingerprint density at radius 1 is 0.314 bits per heavy atom. The van der Waals surface area contributed by atoms with Gasteiger partial charge in [0.15, 0.2) is 0 Å². The van der Waals surface area contributed by atoms with Crippen molar-refractivity contribution < 1.29 is 0 Å². The Morgan fingerprint density at radius 2 is 0.725 bits per heavy atom. The van der Waals surface area contributed by atoms with Crippen molar-refractivity contribution in [3.8, 4) is 28.5 Å². The minimum absolute atomic E-state index is 0.928. The Balaban J connectivity index is 1.22. The first-order chi connectivity index (χ1) is 25.3. The summed E-state index contributed by atoms with van der Waals surface area (Å²) in [5, 5.41) is 7.52. The first-order valence-electron chi connectivity index (χ1n) is 17.4. The number of benzene rings is 8. The molecule has 3 heterocycles. The van der Waals surface area contributed by atoms with Gasteiger partial charge in [-0.2, -0.15) is 0 Å². The summed E-state index contributed by atoms with van der Waals surface area (Å²) in [6, 6.07) is 65.2. The molecule has 0 N–H and O–H groups in total. The number of imidazole rings is 1. The summed E-state index contributed by atoms with van der Waals surface area (Å²) in [6.45, 7) is 0. The standard InChI is InChI=1S/C47H30N4/c1-3-15-32(16-4-1)49-40-24-12-9-21-37(40)43-44-38-22-10-13-25-41(38)50(46(44)36-20-8-7-19-35(36)45(43)49)34-29-27-31(28-30-34)47-48-39-23-11-14-26-42(39)51(47)33-17-5-2-6-18-33/h1-30H. The average molecular weight is 651 g/mol. The summed E-state index contributed by atoms with van der Waals surface area (Å²) in [7, 11) is 0. The maximum Gasteiger partial charge on any atom is 0.145 e. The highest BCUT2D eigenvalue weighted by atomic mass is 15.1. The molecule has 0 atom stereocenters. The zero-order valence-corrected chi connectivity index (χ0v) is 27.6. The van der Waals surface area contributed by atoms with E-state index in [2.05, 4.69) is 196 Å². The monoisotopic (exact) mass is 650 g/mol. The predicted octanol–water partition coefficient (Wildman–Crippen LogP) is 12.0. The molecule has 0 saturated heterocycles. The second-order valence-corrected chi connectivity index (χ2v) is 13.2.